The van der Waals surface area contributed by atoms with E-state index in [4.69, 9.17) is 5.26 Å². The Morgan fingerprint density at radius 2 is 2.00 bits per heavy atom. The van der Waals surface area contributed by atoms with Crippen molar-refractivity contribution >= 4 is 5.69 Å². The number of hydrogen-bond acceptors (Lipinski definition) is 2. The van der Waals surface area contributed by atoms with Gasteiger partial charge in [-0.3, -0.25) is 0 Å². The van der Waals surface area contributed by atoms with Crippen LogP contribution < -0.4 is 5.32 Å². The van der Waals surface area contributed by atoms with Gasteiger partial charge in [-0.05, 0) is 30.5 Å². The molecule has 1 unspecified atom stereocenters. The summed E-state index contributed by atoms with van der Waals surface area (Å²) in [6.45, 7) is 8.28. The lowest BCUT2D eigenvalue weighted by Crippen LogP contribution is -2.31. The maximum Gasteiger partial charge on any atom is 0.147 e. The molecule has 0 aliphatic carbocycles. The second kappa shape index (κ2) is 4.52. The smallest absolute Gasteiger partial charge is 0.147 e. The first-order valence-corrected chi connectivity index (χ1v) is 5.31. The molecule has 0 aliphatic rings. The Morgan fingerprint density at radius 1 is 1.38 bits per heavy atom. The lowest BCUT2D eigenvalue weighted by Gasteiger charge is -2.29. The van der Waals surface area contributed by atoms with Crippen LogP contribution in [0.15, 0.2) is 18.2 Å². The quantitative estimate of drug-likeness (QED) is 0.827. The minimum atomic E-state index is -0.379. The van der Waals surface area contributed by atoms with Crippen molar-refractivity contribution in [3.8, 4) is 6.07 Å². The molecule has 0 saturated carbocycles. The number of anilines is 1. The fourth-order valence-corrected chi connectivity index (χ4v) is 1.15. The molecule has 0 aromatic heterocycles. The van der Waals surface area contributed by atoms with Crippen LogP contribution in [0.2, 0.25) is 0 Å². The van der Waals surface area contributed by atoms with Crippen LogP contribution >= 0.6 is 0 Å². The molecule has 0 fully saturated rings. The third kappa shape index (κ3) is 2.96. The van der Waals surface area contributed by atoms with Gasteiger partial charge in [-0.1, -0.05) is 20.8 Å². The van der Waals surface area contributed by atoms with Crippen molar-refractivity contribution < 1.29 is 4.39 Å². The molecule has 86 valence electrons. The molecule has 1 N–H and O–H groups in total. The zero-order chi connectivity index (χ0) is 12.3. The van der Waals surface area contributed by atoms with Crippen LogP contribution in [0, 0.1) is 22.6 Å². The number of nitrogens with zero attached hydrogens (tertiary/aromatic N) is 1. The van der Waals surface area contributed by atoms with Gasteiger partial charge in [-0.2, -0.15) is 5.26 Å². The van der Waals surface area contributed by atoms with Crippen LogP contribution in [-0.2, 0) is 0 Å². The Labute approximate surface area is 96.1 Å². The van der Waals surface area contributed by atoms with Crippen molar-refractivity contribution in [3.63, 3.8) is 0 Å². The summed E-state index contributed by atoms with van der Waals surface area (Å²) in [5.41, 5.74) is 0.841. The molecule has 1 rings (SSSR count). The molecule has 0 aliphatic heterocycles. The first-order valence-electron chi connectivity index (χ1n) is 5.31. The van der Waals surface area contributed by atoms with Crippen molar-refractivity contribution in [3.05, 3.63) is 29.6 Å². The minimum absolute atomic E-state index is 0.0559. The largest absolute Gasteiger partial charge is 0.380 e. The maximum absolute atomic E-state index is 13.6. The highest BCUT2D eigenvalue weighted by Crippen LogP contribution is 2.24. The van der Waals surface area contributed by atoms with E-state index in [1.165, 1.54) is 6.07 Å². The molecule has 1 aromatic carbocycles. The highest BCUT2D eigenvalue weighted by molar-refractivity contribution is 5.49. The molecule has 1 atom stereocenters. The van der Waals surface area contributed by atoms with Gasteiger partial charge in [-0.25, -0.2) is 4.39 Å². The van der Waals surface area contributed by atoms with Gasteiger partial charge in [0, 0.05) is 6.04 Å². The standard InChI is InChI=1S/C13H17FN2/c1-9(13(2,3)4)16-12-6-5-10(8-15)7-11(12)14/h5-7,9,16H,1-4H3. The summed E-state index contributed by atoms with van der Waals surface area (Å²) in [6.07, 6.45) is 0. The zero-order valence-electron chi connectivity index (χ0n) is 10.1. The van der Waals surface area contributed by atoms with Gasteiger partial charge in [0.1, 0.15) is 5.82 Å². The number of nitrogens with one attached hydrogen (secondary N) is 1. The first-order chi connectivity index (χ1) is 7.34. The van der Waals surface area contributed by atoms with E-state index in [1.54, 1.807) is 12.1 Å². The highest BCUT2D eigenvalue weighted by Gasteiger charge is 2.20. The van der Waals surface area contributed by atoms with Gasteiger partial charge in [0.15, 0.2) is 0 Å². The van der Waals surface area contributed by atoms with Gasteiger partial charge >= 0.3 is 0 Å². The van der Waals surface area contributed by atoms with Crippen LogP contribution in [-0.4, -0.2) is 6.04 Å². The van der Waals surface area contributed by atoms with Crippen molar-refractivity contribution in [2.75, 3.05) is 5.32 Å². The molecule has 0 heterocycles. The summed E-state index contributed by atoms with van der Waals surface area (Å²) >= 11 is 0. The Morgan fingerprint density at radius 3 is 2.44 bits per heavy atom. The van der Waals surface area contributed by atoms with Crippen molar-refractivity contribution in [1.82, 2.24) is 0 Å². The number of hydrogen-bond donors (Lipinski definition) is 1. The molecule has 1 aromatic rings. The van der Waals surface area contributed by atoms with Gasteiger partial charge in [-0.15, -0.1) is 0 Å². The molecule has 0 amide bonds. The van der Waals surface area contributed by atoms with Gasteiger partial charge in [0.25, 0.3) is 0 Å². The van der Waals surface area contributed by atoms with Gasteiger partial charge in [0.05, 0.1) is 17.3 Å². The van der Waals surface area contributed by atoms with Crippen molar-refractivity contribution in [2.24, 2.45) is 5.41 Å². The van der Waals surface area contributed by atoms with E-state index >= 15 is 0 Å². The van der Waals surface area contributed by atoms with Crippen molar-refractivity contribution in [1.29, 1.82) is 5.26 Å². The lowest BCUT2D eigenvalue weighted by molar-refractivity contribution is 0.358. The second-order valence-electron chi connectivity index (χ2n) is 5.04. The van der Waals surface area contributed by atoms with E-state index in [0.29, 0.717) is 11.3 Å². The van der Waals surface area contributed by atoms with Gasteiger partial charge in [0.2, 0.25) is 0 Å². The highest BCUT2D eigenvalue weighted by atomic mass is 19.1. The number of halogens is 1. The lowest BCUT2D eigenvalue weighted by atomic mass is 9.88. The van der Waals surface area contributed by atoms with Crippen molar-refractivity contribution in [2.45, 2.75) is 33.7 Å². The molecule has 2 nitrogen and oxygen atoms in total. The topological polar surface area (TPSA) is 35.8 Å². The maximum atomic E-state index is 13.6. The number of nitriles is 1. The van der Waals surface area contributed by atoms with E-state index in [2.05, 4.69) is 26.1 Å². The van der Waals surface area contributed by atoms with E-state index in [1.807, 2.05) is 13.0 Å². The Kier molecular flexibility index (Phi) is 3.54. The number of rotatable bonds is 2. The van der Waals surface area contributed by atoms with E-state index in [9.17, 15) is 4.39 Å². The molecular weight excluding hydrogens is 203 g/mol. The van der Waals surface area contributed by atoms with E-state index in [0.717, 1.165) is 0 Å². The fraction of sp³-hybridized carbons (Fsp3) is 0.462. The molecule has 0 saturated heterocycles. The van der Waals surface area contributed by atoms with E-state index in [-0.39, 0.29) is 17.3 Å². The average molecular weight is 220 g/mol. The summed E-state index contributed by atoms with van der Waals surface area (Å²) in [5, 5.41) is 11.7. The second-order valence-corrected chi connectivity index (χ2v) is 5.04. The van der Waals surface area contributed by atoms with Crippen LogP contribution in [0.5, 0.6) is 0 Å². The third-order valence-corrected chi connectivity index (χ3v) is 2.77. The Balaban J connectivity index is 2.88. The fourth-order valence-electron chi connectivity index (χ4n) is 1.15. The summed E-state index contributed by atoms with van der Waals surface area (Å²) in [6, 6.07) is 6.53. The molecule has 0 spiro atoms. The molecule has 16 heavy (non-hydrogen) atoms. The average Bonchev–Trinajstić information content (AvgIpc) is 2.19. The van der Waals surface area contributed by atoms with E-state index < -0.39 is 0 Å². The third-order valence-electron chi connectivity index (χ3n) is 2.77. The van der Waals surface area contributed by atoms with Gasteiger partial charge < -0.3 is 5.32 Å². The minimum Gasteiger partial charge on any atom is -0.380 e. The predicted octanol–water partition coefficient (Wildman–Crippen LogP) is 3.54. The Bertz CT molecular complexity index is 413. The normalized spacial score (nSPS) is 13.0. The van der Waals surface area contributed by atoms with Crippen LogP contribution in [0.4, 0.5) is 10.1 Å². The number of benzene rings is 1. The SMILES string of the molecule is CC(Nc1ccc(C#N)cc1F)C(C)(C)C. The summed E-state index contributed by atoms with van der Waals surface area (Å²) in [4.78, 5) is 0. The molecule has 0 bridgehead atoms. The zero-order valence-corrected chi connectivity index (χ0v) is 10.1. The monoisotopic (exact) mass is 220 g/mol. The summed E-state index contributed by atoms with van der Waals surface area (Å²) in [5.74, 6) is -0.379. The molecule has 3 heteroatoms. The first kappa shape index (κ1) is 12.5. The summed E-state index contributed by atoms with van der Waals surface area (Å²) in [7, 11) is 0. The van der Waals surface area contributed by atoms with Crippen LogP contribution in [0.1, 0.15) is 33.3 Å². The molecule has 0 radical (unpaired) electrons. The summed E-state index contributed by atoms with van der Waals surface area (Å²) < 4.78 is 13.6. The molecular formula is C13H17FN2. The van der Waals surface area contributed by atoms with Crippen LogP contribution in [0.25, 0.3) is 0 Å². The van der Waals surface area contributed by atoms with Crippen LogP contribution in [0.3, 0.4) is 0 Å². The predicted molar refractivity (Wildman–Crippen MR) is 63.7 cm³/mol. The Hall–Kier alpha value is -1.56.